The number of para-hydroxylation sites is 2. The Bertz CT molecular complexity index is 1180. The van der Waals surface area contributed by atoms with Gasteiger partial charge >= 0.3 is 11.7 Å². The summed E-state index contributed by atoms with van der Waals surface area (Å²) in [6, 6.07) is 13.1. The molecule has 0 spiro atoms. The number of nitrogens with zero attached hydrogens (tertiary/aromatic N) is 1. The first-order valence-corrected chi connectivity index (χ1v) is 8.04. The molecule has 1 aliphatic heterocycles. The third-order valence-corrected chi connectivity index (χ3v) is 4.40. The monoisotopic (exact) mass is 366 g/mol. The summed E-state index contributed by atoms with van der Waals surface area (Å²) in [5.41, 5.74) is -0.942. The summed E-state index contributed by atoms with van der Waals surface area (Å²) < 4.78 is 11.4. The van der Waals surface area contributed by atoms with Crippen LogP contribution in [0.4, 0.5) is 0 Å². The number of fused-ring (bicyclic) bond motifs is 1. The molecular formula is C19H14N2O6. The Balaban J connectivity index is 1.99. The molecule has 8 heteroatoms. The van der Waals surface area contributed by atoms with Crippen LogP contribution in [0.5, 0.6) is 11.6 Å². The highest BCUT2D eigenvalue weighted by atomic mass is 16.5. The fraction of sp³-hybridized carbons (Fsp3) is 0.105. The van der Waals surface area contributed by atoms with Gasteiger partial charge in [0.15, 0.2) is 6.10 Å². The average Bonchev–Trinajstić information content (AvgIpc) is 2.99. The zero-order valence-corrected chi connectivity index (χ0v) is 14.1. The van der Waals surface area contributed by atoms with E-state index in [1.54, 1.807) is 48.5 Å². The molecule has 1 aromatic heterocycles. The first-order chi connectivity index (χ1) is 13.0. The van der Waals surface area contributed by atoms with E-state index in [0.717, 1.165) is 4.57 Å². The van der Waals surface area contributed by atoms with Crippen molar-refractivity contribution in [3.05, 3.63) is 86.1 Å². The van der Waals surface area contributed by atoms with Crippen molar-refractivity contribution in [3.8, 4) is 17.3 Å². The Morgan fingerprint density at radius 2 is 1.78 bits per heavy atom. The first-order valence-electron chi connectivity index (χ1n) is 8.04. The number of H-pyrrole nitrogens is 1. The Morgan fingerprint density at radius 1 is 1.07 bits per heavy atom. The number of rotatable bonds is 3. The lowest BCUT2D eigenvalue weighted by atomic mass is 10.0. The van der Waals surface area contributed by atoms with Crippen LogP contribution in [-0.4, -0.2) is 27.7 Å². The summed E-state index contributed by atoms with van der Waals surface area (Å²) in [5, 5.41) is 10.8. The van der Waals surface area contributed by atoms with E-state index in [1.807, 2.05) is 0 Å². The molecule has 0 fully saturated rings. The number of aromatic hydroxyl groups is 1. The van der Waals surface area contributed by atoms with Crippen LogP contribution in [-0.2, 0) is 4.74 Å². The van der Waals surface area contributed by atoms with E-state index in [-0.39, 0.29) is 11.3 Å². The van der Waals surface area contributed by atoms with Gasteiger partial charge in [-0.15, -0.1) is 0 Å². The van der Waals surface area contributed by atoms with Crippen LogP contribution >= 0.6 is 0 Å². The van der Waals surface area contributed by atoms with E-state index in [4.69, 9.17) is 9.47 Å². The van der Waals surface area contributed by atoms with Crippen LogP contribution in [0.3, 0.4) is 0 Å². The number of aromatic nitrogens is 2. The van der Waals surface area contributed by atoms with Crippen molar-refractivity contribution in [2.45, 2.75) is 6.10 Å². The molecule has 0 radical (unpaired) electrons. The normalized spacial score (nSPS) is 15.3. The second-order valence-corrected chi connectivity index (χ2v) is 5.88. The number of benzene rings is 2. The van der Waals surface area contributed by atoms with Gasteiger partial charge in [-0.05, 0) is 18.2 Å². The van der Waals surface area contributed by atoms with Crippen molar-refractivity contribution in [1.82, 2.24) is 9.55 Å². The van der Waals surface area contributed by atoms with Gasteiger partial charge in [0.2, 0.25) is 5.88 Å². The second kappa shape index (κ2) is 6.17. The van der Waals surface area contributed by atoms with E-state index >= 15 is 0 Å². The minimum Gasteiger partial charge on any atom is -0.495 e. The van der Waals surface area contributed by atoms with Crippen LogP contribution in [0.2, 0.25) is 0 Å². The third-order valence-electron chi connectivity index (χ3n) is 4.40. The minimum absolute atomic E-state index is 0.234. The topological polar surface area (TPSA) is 111 Å². The van der Waals surface area contributed by atoms with Crippen LogP contribution in [0.1, 0.15) is 27.6 Å². The number of esters is 1. The van der Waals surface area contributed by atoms with E-state index in [9.17, 15) is 19.5 Å². The summed E-state index contributed by atoms with van der Waals surface area (Å²) in [5.74, 6) is -0.913. The lowest BCUT2D eigenvalue weighted by Crippen LogP contribution is -2.33. The molecule has 2 heterocycles. The molecule has 1 unspecified atom stereocenters. The van der Waals surface area contributed by atoms with Gasteiger partial charge in [0.1, 0.15) is 11.3 Å². The molecule has 0 saturated carbocycles. The molecule has 0 saturated heterocycles. The van der Waals surface area contributed by atoms with Crippen molar-refractivity contribution in [3.63, 3.8) is 0 Å². The van der Waals surface area contributed by atoms with Crippen molar-refractivity contribution in [2.75, 3.05) is 7.11 Å². The van der Waals surface area contributed by atoms with Gasteiger partial charge in [0.25, 0.3) is 5.56 Å². The molecule has 8 nitrogen and oxygen atoms in total. The van der Waals surface area contributed by atoms with Crippen LogP contribution in [0.15, 0.2) is 58.1 Å². The van der Waals surface area contributed by atoms with Crippen molar-refractivity contribution in [1.29, 1.82) is 0 Å². The molecule has 0 aliphatic carbocycles. The standard InChI is InChI=1S/C19H14N2O6/c1-26-13-9-5-4-8-12(13)21-17(23)14(16(22)20-19(21)25)15-10-6-2-3-7-11(10)18(24)27-15/h2-9,15,23H,1H3,(H,20,22,25). The SMILES string of the molecule is COc1ccccc1-n1c(O)c(C2OC(=O)c3ccccc32)c(=O)[nH]c1=O. The van der Waals surface area contributed by atoms with E-state index in [2.05, 4.69) is 4.98 Å². The molecular weight excluding hydrogens is 352 g/mol. The number of hydrogen-bond acceptors (Lipinski definition) is 6. The maximum Gasteiger partial charge on any atom is 0.339 e. The van der Waals surface area contributed by atoms with Gasteiger partial charge in [-0.25, -0.2) is 14.2 Å². The molecule has 3 aromatic rings. The van der Waals surface area contributed by atoms with Gasteiger partial charge < -0.3 is 14.6 Å². The number of aromatic amines is 1. The van der Waals surface area contributed by atoms with Crippen molar-refractivity contribution < 1.29 is 19.4 Å². The third kappa shape index (κ3) is 2.50. The number of carbonyl (C=O) groups excluding carboxylic acids is 1. The van der Waals surface area contributed by atoms with Gasteiger partial charge in [0.05, 0.1) is 18.4 Å². The molecule has 0 amide bonds. The molecule has 136 valence electrons. The number of hydrogen-bond donors (Lipinski definition) is 2. The Morgan fingerprint density at radius 3 is 2.56 bits per heavy atom. The maximum atomic E-state index is 12.5. The number of cyclic esters (lactones) is 1. The van der Waals surface area contributed by atoms with Crippen molar-refractivity contribution in [2.24, 2.45) is 0 Å². The molecule has 2 N–H and O–H groups in total. The van der Waals surface area contributed by atoms with E-state index < -0.39 is 29.2 Å². The summed E-state index contributed by atoms with van der Waals surface area (Å²) in [6.45, 7) is 0. The van der Waals surface area contributed by atoms with Crippen LogP contribution < -0.4 is 16.0 Å². The highest BCUT2D eigenvalue weighted by Gasteiger charge is 2.36. The molecule has 27 heavy (non-hydrogen) atoms. The maximum absolute atomic E-state index is 12.5. The summed E-state index contributed by atoms with van der Waals surface area (Å²) in [6.07, 6.45) is -1.13. The second-order valence-electron chi connectivity index (χ2n) is 5.88. The van der Waals surface area contributed by atoms with Gasteiger partial charge in [-0.2, -0.15) is 0 Å². The zero-order valence-electron chi connectivity index (χ0n) is 14.1. The van der Waals surface area contributed by atoms with Gasteiger partial charge in [0, 0.05) is 5.56 Å². The predicted molar refractivity (Wildman–Crippen MR) is 94.6 cm³/mol. The molecule has 1 atom stereocenters. The number of nitrogens with one attached hydrogen (secondary N) is 1. The lowest BCUT2D eigenvalue weighted by Gasteiger charge is -2.17. The van der Waals surface area contributed by atoms with Gasteiger partial charge in [-0.3, -0.25) is 9.78 Å². The van der Waals surface area contributed by atoms with E-state index in [0.29, 0.717) is 16.9 Å². The lowest BCUT2D eigenvalue weighted by molar-refractivity contribution is 0.0449. The molecule has 0 bridgehead atoms. The highest BCUT2D eigenvalue weighted by molar-refractivity contribution is 5.94. The zero-order chi connectivity index (χ0) is 19.1. The highest BCUT2D eigenvalue weighted by Crippen LogP contribution is 2.38. The summed E-state index contributed by atoms with van der Waals surface area (Å²) in [7, 11) is 1.42. The summed E-state index contributed by atoms with van der Waals surface area (Å²) >= 11 is 0. The van der Waals surface area contributed by atoms with Gasteiger partial charge in [-0.1, -0.05) is 30.3 Å². The van der Waals surface area contributed by atoms with E-state index in [1.165, 1.54) is 7.11 Å². The molecule has 4 rings (SSSR count). The minimum atomic E-state index is -1.13. The fourth-order valence-electron chi connectivity index (χ4n) is 3.17. The fourth-order valence-corrected chi connectivity index (χ4v) is 3.17. The first kappa shape index (κ1) is 16.6. The number of ether oxygens (including phenoxy) is 2. The Labute approximate surface area is 152 Å². The Hall–Kier alpha value is -3.81. The van der Waals surface area contributed by atoms with Crippen LogP contribution in [0.25, 0.3) is 5.69 Å². The predicted octanol–water partition coefficient (Wildman–Crippen LogP) is 1.50. The number of methoxy groups -OCH3 is 1. The quantitative estimate of drug-likeness (QED) is 0.680. The molecule has 2 aromatic carbocycles. The number of carbonyl (C=O) groups is 1. The van der Waals surface area contributed by atoms with Crippen molar-refractivity contribution >= 4 is 5.97 Å². The Kier molecular flexibility index (Phi) is 3.80. The largest absolute Gasteiger partial charge is 0.495 e. The van der Waals surface area contributed by atoms with Crippen LogP contribution in [0, 0.1) is 0 Å². The smallest absolute Gasteiger partial charge is 0.339 e. The summed E-state index contributed by atoms with van der Waals surface area (Å²) in [4.78, 5) is 39.1. The molecule has 1 aliphatic rings. The average molecular weight is 366 g/mol.